The molecule has 2 N–H and O–H groups in total. The second kappa shape index (κ2) is 10.7. The predicted molar refractivity (Wildman–Crippen MR) is 119 cm³/mol. The third-order valence-corrected chi connectivity index (χ3v) is 5.06. The molecule has 1 aliphatic heterocycles. The number of nitrogens with one attached hydrogen (secondary N) is 2. The molecule has 142 valence electrons. The first-order chi connectivity index (χ1) is 12.3. The SMILES string of the molecule is CCNC(=NCC1CCOc2ccccc21)NCCc1csc(C)n1.I. The molecule has 0 fully saturated rings. The van der Waals surface area contributed by atoms with E-state index in [-0.39, 0.29) is 24.0 Å². The molecule has 0 spiro atoms. The van der Waals surface area contributed by atoms with E-state index in [1.807, 2.05) is 19.1 Å². The molecule has 26 heavy (non-hydrogen) atoms. The van der Waals surface area contributed by atoms with Gasteiger partial charge in [0, 0.05) is 37.4 Å². The summed E-state index contributed by atoms with van der Waals surface area (Å²) in [7, 11) is 0. The Morgan fingerprint density at radius 1 is 1.35 bits per heavy atom. The lowest BCUT2D eigenvalue weighted by molar-refractivity contribution is 0.269. The van der Waals surface area contributed by atoms with Crippen LogP contribution in [-0.2, 0) is 6.42 Å². The van der Waals surface area contributed by atoms with Crippen molar-refractivity contribution in [3.8, 4) is 5.75 Å². The second-order valence-electron chi connectivity index (χ2n) is 6.13. The standard InChI is InChI=1S/C19H26N4OS.HI/c1-3-20-19(21-10-8-16-13-25-14(2)23-16)22-12-15-9-11-24-18-7-5-4-6-17(15)18;/h4-7,13,15H,3,8-12H2,1-2H3,(H2,20,21,22);1H. The van der Waals surface area contributed by atoms with E-state index in [9.17, 15) is 0 Å². The summed E-state index contributed by atoms with van der Waals surface area (Å²) in [5, 5.41) is 9.99. The van der Waals surface area contributed by atoms with Gasteiger partial charge in [0.25, 0.3) is 0 Å². The lowest BCUT2D eigenvalue weighted by Crippen LogP contribution is -2.38. The van der Waals surface area contributed by atoms with Gasteiger partial charge >= 0.3 is 0 Å². The molecule has 0 saturated carbocycles. The van der Waals surface area contributed by atoms with Gasteiger partial charge in [-0.15, -0.1) is 35.3 Å². The minimum Gasteiger partial charge on any atom is -0.493 e. The first-order valence-electron chi connectivity index (χ1n) is 8.91. The summed E-state index contributed by atoms with van der Waals surface area (Å²) in [4.78, 5) is 9.30. The zero-order valence-electron chi connectivity index (χ0n) is 15.3. The zero-order chi connectivity index (χ0) is 17.5. The maximum Gasteiger partial charge on any atom is 0.191 e. The number of ether oxygens (including phenoxy) is 1. The molecule has 0 aliphatic carbocycles. The van der Waals surface area contributed by atoms with Crippen LogP contribution in [0.1, 0.15) is 35.5 Å². The number of fused-ring (bicyclic) bond motifs is 1. The predicted octanol–water partition coefficient (Wildman–Crippen LogP) is 3.73. The monoisotopic (exact) mass is 486 g/mol. The van der Waals surface area contributed by atoms with E-state index in [1.54, 1.807) is 11.3 Å². The highest BCUT2D eigenvalue weighted by Gasteiger charge is 2.20. The van der Waals surface area contributed by atoms with Crippen molar-refractivity contribution in [1.82, 2.24) is 15.6 Å². The maximum absolute atomic E-state index is 5.74. The number of benzene rings is 1. The molecule has 2 heterocycles. The molecule has 0 bridgehead atoms. The van der Waals surface area contributed by atoms with Gasteiger partial charge in [-0.3, -0.25) is 4.99 Å². The first kappa shape index (κ1) is 21.0. The van der Waals surface area contributed by atoms with Crippen LogP contribution in [0.25, 0.3) is 0 Å². The minimum atomic E-state index is 0. The van der Waals surface area contributed by atoms with Crippen molar-refractivity contribution in [3.63, 3.8) is 0 Å². The Morgan fingerprint density at radius 3 is 2.96 bits per heavy atom. The summed E-state index contributed by atoms with van der Waals surface area (Å²) in [6, 6.07) is 8.30. The van der Waals surface area contributed by atoms with Gasteiger partial charge in [-0.25, -0.2) is 4.98 Å². The van der Waals surface area contributed by atoms with Crippen molar-refractivity contribution in [1.29, 1.82) is 0 Å². The Bertz CT molecular complexity index is 719. The highest BCUT2D eigenvalue weighted by atomic mass is 127. The molecule has 1 aliphatic rings. The van der Waals surface area contributed by atoms with E-state index in [1.165, 1.54) is 5.56 Å². The summed E-state index contributed by atoms with van der Waals surface area (Å²) in [5.74, 6) is 2.30. The van der Waals surface area contributed by atoms with Crippen molar-refractivity contribution >= 4 is 41.3 Å². The Kier molecular flexibility index (Phi) is 8.64. The number of aryl methyl sites for hydroxylation is 1. The fraction of sp³-hybridized carbons (Fsp3) is 0.474. The fourth-order valence-electron chi connectivity index (χ4n) is 2.98. The van der Waals surface area contributed by atoms with Crippen molar-refractivity contribution in [2.24, 2.45) is 4.99 Å². The largest absolute Gasteiger partial charge is 0.493 e. The van der Waals surface area contributed by atoms with Crippen LogP contribution in [0.5, 0.6) is 5.75 Å². The Labute approximate surface area is 176 Å². The van der Waals surface area contributed by atoms with Crippen LogP contribution in [0.15, 0.2) is 34.6 Å². The van der Waals surface area contributed by atoms with Gasteiger partial charge in [-0.2, -0.15) is 0 Å². The van der Waals surface area contributed by atoms with Gasteiger partial charge in [-0.1, -0.05) is 18.2 Å². The summed E-state index contributed by atoms with van der Waals surface area (Å²) in [5.41, 5.74) is 2.41. The maximum atomic E-state index is 5.74. The molecular weight excluding hydrogens is 459 g/mol. The number of hydrogen-bond acceptors (Lipinski definition) is 4. The van der Waals surface area contributed by atoms with Crippen LogP contribution >= 0.6 is 35.3 Å². The first-order valence-corrected chi connectivity index (χ1v) is 9.79. The van der Waals surface area contributed by atoms with Crippen molar-refractivity contribution in [2.45, 2.75) is 32.6 Å². The summed E-state index contributed by atoms with van der Waals surface area (Å²) in [6.45, 7) is 7.35. The van der Waals surface area contributed by atoms with Crippen molar-refractivity contribution in [2.75, 3.05) is 26.2 Å². The highest BCUT2D eigenvalue weighted by molar-refractivity contribution is 14.0. The highest BCUT2D eigenvalue weighted by Crippen LogP contribution is 2.33. The number of hydrogen-bond donors (Lipinski definition) is 2. The average molecular weight is 486 g/mol. The number of thiazole rings is 1. The number of nitrogens with zero attached hydrogens (tertiary/aromatic N) is 2. The third kappa shape index (κ3) is 5.84. The number of para-hydroxylation sites is 1. The fourth-order valence-corrected chi connectivity index (χ4v) is 3.63. The van der Waals surface area contributed by atoms with Crippen LogP contribution < -0.4 is 15.4 Å². The Hall–Kier alpha value is -1.35. The minimum absolute atomic E-state index is 0. The van der Waals surface area contributed by atoms with Crippen LogP contribution in [-0.4, -0.2) is 37.2 Å². The lowest BCUT2D eigenvalue weighted by Gasteiger charge is -2.25. The number of aliphatic imine (C=N–C) groups is 1. The lowest BCUT2D eigenvalue weighted by atomic mass is 9.93. The second-order valence-corrected chi connectivity index (χ2v) is 7.19. The number of guanidine groups is 1. The van der Waals surface area contributed by atoms with Gasteiger partial charge in [-0.05, 0) is 31.9 Å². The van der Waals surface area contributed by atoms with E-state index in [0.717, 1.165) is 61.5 Å². The van der Waals surface area contributed by atoms with E-state index < -0.39 is 0 Å². The van der Waals surface area contributed by atoms with Crippen LogP contribution in [0.4, 0.5) is 0 Å². The van der Waals surface area contributed by atoms with Gasteiger partial charge in [0.05, 0.1) is 17.3 Å². The van der Waals surface area contributed by atoms with Gasteiger partial charge in [0.15, 0.2) is 5.96 Å². The number of aromatic nitrogens is 1. The van der Waals surface area contributed by atoms with E-state index in [0.29, 0.717) is 5.92 Å². The third-order valence-electron chi connectivity index (χ3n) is 4.24. The molecule has 1 aromatic heterocycles. The molecule has 0 radical (unpaired) electrons. The zero-order valence-corrected chi connectivity index (χ0v) is 18.5. The molecule has 5 nitrogen and oxygen atoms in total. The molecule has 1 unspecified atom stereocenters. The summed E-state index contributed by atoms with van der Waals surface area (Å²) >= 11 is 1.70. The Balaban J connectivity index is 0.00000243. The van der Waals surface area contributed by atoms with Crippen LogP contribution in [0.3, 0.4) is 0 Å². The topological polar surface area (TPSA) is 58.5 Å². The van der Waals surface area contributed by atoms with Gasteiger partial charge < -0.3 is 15.4 Å². The van der Waals surface area contributed by atoms with E-state index in [2.05, 4.69) is 40.1 Å². The quantitative estimate of drug-likeness (QED) is 0.371. The number of halogens is 1. The number of rotatable bonds is 6. The van der Waals surface area contributed by atoms with Crippen molar-refractivity contribution in [3.05, 3.63) is 45.9 Å². The summed E-state index contributed by atoms with van der Waals surface area (Å²) in [6.07, 6.45) is 1.92. The normalized spacial score (nSPS) is 16.2. The van der Waals surface area contributed by atoms with Gasteiger partial charge in [0.2, 0.25) is 0 Å². The molecule has 3 rings (SSSR count). The van der Waals surface area contributed by atoms with Crippen molar-refractivity contribution < 1.29 is 4.74 Å². The molecule has 7 heteroatoms. The summed E-state index contributed by atoms with van der Waals surface area (Å²) < 4.78 is 5.74. The van der Waals surface area contributed by atoms with E-state index in [4.69, 9.17) is 9.73 Å². The van der Waals surface area contributed by atoms with Crippen LogP contribution in [0.2, 0.25) is 0 Å². The molecule has 1 aromatic carbocycles. The molecule has 2 aromatic rings. The smallest absolute Gasteiger partial charge is 0.191 e. The molecule has 0 amide bonds. The molecule has 1 atom stereocenters. The average Bonchev–Trinajstić information content (AvgIpc) is 3.05. The Morgan fingerprint density at radius 2 is 2.19 bits per heavy atom. The van der Waals surface area contributed by atoms with Gasteiger partial charge in [0.1, 0.15) is 5.75 Å². The molecule has 0 saturated heterocycles. The van der Waals surface area contributed by atoms with E-state index >= 15 is 0 Å². The molecular formula is C19H27IN4OS. The van der Waals surface area contributed by atoms with Crippen LogP contribution in [0, 0.1) is 6.92 Å².